The molecule has 0 aliphatic heterocycles. The predicted molar refractivity (Wildman–Crippen MR) is 68.0 cm³/mol. The van der Waals surface area contributed by atoms with Crippen molar-refractivity contribution in [2.45, 2.75) is 31.7 Å². The molecule has 96 valence electrons. The summed E-state index contributed by atoms with van der Waals surface area (Å²) in [7, 11) is 2.01. The van der Waals surface area contributed by atoms with Gasteiger partial charge in [-0.15, -0.1) is 10.2 Å². The number of nitriles is 1. The fourth-order valence-corrected chi connectivity index (χ4v) is 2.47. The molecule has 0 aromatic carbocycles. The standard InChI is InChI=1S/C13H18N4O/c1-17(12-5-2-10(9-18)3-6-12)13-7-4-11(8-14)15-16-13/h4,7,10,12,18H,2-3,5-6,9H2,1H3. The molecule has 5 nitrogen and oxygen atoms in total. The summed E-state index contributed by atoms with van der Waals surface area (Å²) < 4.78 is 0. The van der Waals surface area contributed by atoms with Gasteiger partial charge in [-0.05, 0) is 43.7 Å². The van der Waals surface area contributed by atoms with E-state index >= 15 is 0 Å². The summed E-state index contributed by atoms with van der Waals surface area (Å²) in [5.41, 5.74) is 0.344. The topological polar surface area (TPSA) is 73.0 Å². The first-order valence-electron chi connectivity index (χ1n) is 6.32. The van der Waals surface area contributed by atoms with Crippen LogP contribution in [0.2, 0.25) is 0 Å². The van der Waals surface area contributed by atoms with Gasteiger partial charge in [-0.1, -0.05) is 0 Å². The Hall–Kier alpha value is -1.67. The zero-order valence-electron chi connectivity index (χ0n) is 10.6. The van der Waals surface area contributed by atoms with Gasteiger partial charge in [0.25, 0.3) is 0 Å². The Balaban J connectivity index is 1.98. The maximum Gasteiger partial charge on any atom is 0.163 e. The second-order valence-electron chi connectivity index (χ2n) is 4.86. The minimum Gasteiger partial charge on any atom is -0.396 e. The lowest BCUT2D eigenvalue weighted by Gasteiger charge is -2.34. The van der Waals surface area contributed by atoms with Crippen LogP contribution < -0.4 is 4.90 Å². The third-order valence-electron chi connectivity index (χ3n) is 3.75. The summed E-state index contributed by atoms with van der Waals surface area (Å²) in [5.74, 6) is 1.27. The third-order valence-corrected chi connectivity index (χ3v) is 3.75. The molecule has 1 aliphatic rings. The van der Waals surface area contributed by atoms with Crippen LogP contribution in [0.25, 0.3) is 0 Å². The molecule has 0 bridgehead atoms. The van der Waals surface area contributed by atoms with Crippen LogP contribution in [0.5, 0.6) is 0 Å². The number of nitrogens with zero attached hydrogens (tertiary/aromatic N) is 4. The smallest absolute Gasteiger partial charge is 0.163 e. The summed E-state index contributed by atoms with van der Waals surface area (Å²) in [5, 5.41) is 25.7. The predicted octanol–water partition coefficient (Wildman–Crippen LogP) is 1.34. The van der Waals surface area contributed by atoms with Gasteiger partial charge in [0, 0.05) is 19.7 Å². The Labute approximate surface area is 107 Å². The lowest BCUT2D eigenvalue weighted by molar-refractivity contribution is 0.182. The van der Waals surface area contributed by atoms with Gasteiger partial charge in [0.15, 0.2) is 11.5 Å². The number of rotatable bonds is 3. The van der Waals surface area contributed by atoms with Gasteiger partial charge in [0.05, 0.1) is 0 Å². The number of aromatic nitrogens is 2. The monoisotopic (exact) mass is 246 g/mol. The van der Waals surface area contributed by atoms with Gasteiger partial charge in [-0.25, -0.2) is 0 Å². The highest BCUT2D eigenvalue weighted by Gasteiger charge is 2.24. The highest BCUT2D eigenvalue weighted by atomic mass is 16.3. The molecule has 0 unspecified atom stereocenters. The van der Waals surface area contributed by atoms with E-state index in [0.29, 0.717) is 24.3 Å². The molecule has 1 aromatic rings. The van der Waals surface area contributed by atoms with Crippen LogP contribution in [0.4, 0.5) is 5.82 Å². The number of aliphatic hydroxyl groups is 1. The first-order chi connectivity index (χ1) is 8.74. The van der Waals surface area contributed by atoms with Gasteiger partial charge >= 0.3 is 0 Å². The van der Waals surface area contributed by atoms with Crippen molar-refractivity contribution in [1.29, 1.82) is 5.26 Å². The molecular weight excluding hydrogens is 228 g/mol. The molecule has 0 amide bonds. The molecule has 1 aromatic heterocycles. The fraction of sp³-hybridized carbons (Fsp3) is 0.615. The molecule has 0 radical (unpaired) electrons. The Bertz CT molecular complexity index is 418. The molecule has 2 rings (SSSR count). The summed E-state index contributed by atoms with van der Waals surface area (Å²) >= 11 is 0. The lowest BCUT2D eigenvalue weighted by atomic mass is 9.86. The molecule has 5 heteroatoms. The third kappa shape index (κ3) is 2.77. The molecule has 1 heterocycles. The van der Waals surface area contributed by atoms with E-state index in [-0.39, 0.29) is 0 Å². The summed E-state index contributed by atoms with van der Waals surface area (Å²) in [6.45, 7) is 0.299. The second kappa shape index (κ2) is 5.78. The average molecular weight is 246 g/mol. The van der Waals surface area contributed by atoms with Crippen LogP contribution in [-0.4, -0.2) is 35.0 Å². The number of hydrogen-bond acceptors (Lipinski definition) is 5. The van der Waals surface area contributed by atoms with Crippen LogP contribution in [0.15, 0.2) is 12.1 Å². The van der Waals surface area contributed by atoms with Gasteiger partial charge in [-0.2, -0.15) is 5.26 Å². The van der Waals surface area contributed by atoms with Crippen molar-refractivity contribution in [1.82, 2.24) is 10.2 Å². The number of aliphatic hydroxyl groups excluding tert-OH is 1. The molecule has 0 atom stereocenters. The maximum absolute atomic E-state index is 9.12. The Morgan fingerprint density at radius 2 is 2.06 bits per heavy atom. The van der Waals surface area contributed by atoms with Crippen LogP contribution in [-0.2, 0) is 0 Å². The normalized spacial score (nSPS) is 23.4. The van der Waals surface area contributed by atoms with Crippen LogP contribution >= 0.6 is 0 Å². The summed E-state index contributed by atoms with van der Waals surface area (Å²) in [4.78, 5) is 2.13. The van der Waals surface area contributed by atoms with Crippen molar-refractivity contribution in [3.05, 3.63) is 17.8 Å². The van der Waals surface area contributed by atoms with E-state index in [9.17, 15) is 0 Å². The summed E-state index contributed by atoms with van der Waals surface area (Å²) in [6.07, 6.45) is 4.28. The Kier molecular flexibility index (Phi) is 4.11. The maximum atomic E-state index is 9.12. The van der Waals surface area contributed by atoms with Crippen LogP contribution in [0.3, 0.4) is 0 Å². The van der Waals surface area contributed by atoms with E-state index in [2.05, 4.69) is 15.1 Å². The largest absolute Gasteiger partial charge is 0.396 e. The molecule has 1 fully saturated rings. The zero-order valence-corrected chi connectivity index (χ0v) is 10.6. The molecule has 1 saturated carbocycles. The van der Waals surface area contributed by atoms with Crippen molar-refractivity contribution in [3.8, 4) is 6.07 Å². The Morgan fingerprint density at radius 1 is 1.33 bits per heavy atom. The quantitative estimate of drug-likeness (QED) is 0.871. The molecule has 1 aliphatic carbocycles. The highest BCUT2D eigenvalue weighted by molar-refractivity contribution is 5.39. The molecule has 1 N–H and O–H groups in total. The molecule has 0 saturated heterocycles. The van der Waals surface area contributed by atoms with Crippen molar-refractivity contribution < 1.29 is 5.11 Å². The van der Waals surface area contributed by atoms with Crippen molar-refractivity contribution in [2.75, 3.05) is 18.6 Å². The van der Waals surface area contributed by atoms with E-state index < -0.39 is 0 Å². The van der Waals surface area contributed by atoms with E-state index in [0.717, 1.165) is 31.5 Å². The molecule has 18 heavy (non-hydrogen) atoms. The van der Waals surface area contributed by atoms with Gasteiger partial charge in [-0.3, -0.25) is 0 Å². The second-order valence-corrected chi connectivity index (χ2v) is 4.86. The lowest BCUT2D eigenvalue weighted by Crippen LogP contribution is -2.36. The zero-order chi connectivity index (χ0) is 13.0. The Morgan fingerprint density at radius 3 is 2.56 bits per heavy atom. The number of anilines is 1. The minimum atomic E-state index is 0.299. The molecule has 0 spiro atoms. The van der Waals surface area contributed by atoms with Crippen LogP contribution in [0.1, 0.15) is 31.4 Å². The van der Waals surface area contributed by atoms with E-state index in [1.165, 1.54) is 0 Å². The fourth-order valence-electron chi connectivity index (χ4n) is 2.47. The SMILES string of the molecule is CN(c1ccc(C#N)nn1)C1CCC(CO)CC1. The van der Waals surface area contributed by atoms with Crippen LogP contribution in [0, 0.1) is 17.2 Å². The first kappa shape index (κ1) is 12.8. The van der Waals surface area contributed by atoms with E-state index in [1.807, 2.05) is 19.2 Å². The highest BCUT2D eigenvalue weighted by Crippen LogP contribution is 2.28. The van der Waals surface area contributed by atoms with Crippen molar-refractivity contribution in [3.63, 3.8) is 0 Å². The van der Waals surface area contributed by atoms with Gasteiger partial charge in [0.2, 0.25) is 0 Å². The first-order valence-corrected chi connectivity index (χ1v) is 6.32. The molecular formula is C13H18N4O. The van der Waals surface area contributed by atoms with Gasteiger partial charge < -0.3 is 10.0 Å². The number of hydrogen-bond donors (Lipinski definition) is 1. The van der Waals surface area contributed by atoms with Crippen molar-refractivity contribution in [2.24, 2.45) is 5.92 Å². The average Bonchev–Trinajstić information content (AvgIpc) is 2.47. The van der Waals surface area contributed by atoms with E-state index in [4.69, 9.17) is 10.4 Å². The van der Waals surface area contributed by atoms with Gasteiger partial charge in [0.1, 0.15) is 6.07 Å². The van der Waals surface area contributed by atoms with E-state index in [1.54, 1.807) is 6.07 Å². The van der Waals surface area contributed by atoms with Crippen molar-refractivity contribution >= 4 is 5.82 Å². The minimum absolute atomic E-state index is 0.299. The summed E-state index contributed by atoms with van der Waals surface area (Å²) in [6, 6.07) is 5.95.